The van der Waals surface area contributed by atoms with Crippen LogP contribution in [0.25, 0.3) is 38.6 Å². The highest BCUT2D eigenvalue weighted by Crippen LogP contribution is 2.37. The third-order valence-electron chi connectivity index (χ3n) is 4.30. The van der Waals surface area contributed by atoms with Crippen LogP contribution in [0, 0.1) is 13.8 Å². The fourth-order valence-corrected chi connectivity index (χ4v) is 3.10. The van der Waals surface area contributed by atoms with Crippen LogP contribution >= 0.6 is 0 Å². The van der Waals surface area contributed by atoms with Gasteiger partial charge in [-0.25, -0.2) is 0 Å². The van der Waals surface area contributed by atoms with Gasteiger partial charge < -0.3 is 4.57 Å². The highest BCUT2D eigenvalue weighted by Gasteiger charge is 2.15. The van der Waals surface area contributed by atoms with Gasteiger partial charge in [-0.3, -0.25) is 0 Å². The van der Waals surface area contributed by atoms with Gasteiger partial charge in [0.2, 0.25) is 0 Å². The van der Waals surface area contributed by atoms with Crippen molar-refractivity contribution in [3.8, 4) is 16.8 Å². The van der Waals surface area contributed by atoms with E-state index in [4.69, 9.17) is 20.6 Å². The van der Waals surface area contributed by atoms with Gasteiger partial charge in [-0.2, -0.15) is 0 Å². The predicted molar refractivity (Wildman–Crippen MR) is 116 cm³/mol. The van der Waals surface area contributed by atoms with Crippen LogP contribution in [-0.2, 0) is 0 Å². The molecule has 0 amide bonds. The summed E-state index contributed by atoms with van der Waals surface area (Å²) >= 11 is 0. The van der Waals surface area contributed by atoms with E-state index >= 15 is 0 Å². The average molecular weight is 363 g/mol. The minimum atomic E-state index is -0.683. The molecule has 5 aromatic rings. The van der Waals surface area contributed by atoms with Crippen LogP contribution in [0.4, 0.5) is 0 Å². The maximum absolute atomic E-state index is 9.08. The second kappa shape index (κ2) is 6.14. The quantitative estimate of drug-likeness (QED) is 0.316. The second-order valence-corrected chi connectivity index (χ2v) is 6.01. The van der Waals surface area contributed by atoms with Gasteiger partial charge in [0, 0.05) is 16.3 Å². The summed E-state index contributed by atoms with van der Waals surface area (Å²) in [6.45, 7) is 2.76. The summed E-state index contributed by atoms with van der Waals surface area (Å²) in [5, 5.41) is -0.502. The van der Waals surface area contributed by atoms with Gasteiger partial charge in [0.25, 0.3) is 0 Å². The van der Waals surface area contributed by atoms with Crippen molar-refractivity contribution < 1.29 is 20.6 Å². The molecule has 0 unspecified atom stereocenters. The Kier molecular flexibility index (Phi) is 1.52. The lowest BCUT2D eigenvalue weighted by Gasteiger charge is -2.16. The van der Waals surface area contributed by atoms with E-state index in [9.17, 15) is 0 Å². The fourth-order valence-electron chi connectivity index (χ4n) is 3.10. The third kappa shape index (κ3) is 2.47. The van der Waals surface area contributed by atoms with Crippen molar-refractivity contribution in [2.24, 2.45) is 0 Å². The molecule has 1 nitrogen and oxygen atoms in total. The molecule has 0 fully saturated rings. The van der Waals surface area contributed by atoms with Crippen molar-refractivity contribution in [3.05, 3.63) is 102 Å². The van der Waals surface area contributed by atoms with Crippen LogP contribution in [0.15, 0.2) is 90.6 Å². The molecule has 1 aromatic heterocycles. The van der Waals surface area contributed by atoms with Gasteiger partial charge in [-0.15, -0.1) is 0 Å². The Morgan fingerprint density at radius 1 is 0.630 bits per heavy atom. The first-order valence-electron chi connectivity index (χ1n) is 15.7. The Morgan fingerprint density at radius 2 is 1.22 bits per heavy atom. The van der Waals surface area contributed by atoms with Crippen LogP contribution in [0.2, 0.25) is 0 Å². The van der Waals surface area contributed by atoms with Crippen LogP contribution in [0.1, 0.15) is 31.7 Å². The lowest BCUT2D eigenvalue weighted by Crippen LogP contribution is -1.98. The first kappa shape index (κ1) is 6.69. The smallest absolute Gasteiger partial charge is 0.0648 e. The second-order valence-electron chi connectivity index (χ2n) is 6.01. The van der Waals surface area contributed by atoms with Gasteiger partial charge in [0.1, 0.15) is 0 Å². The van der Waals surface area contributed by atoms with Crippen LogP contribution in [0.5, 0.6) is 0 Å². The Morgan fingerprint density at radius 3 is 1.93 bits per heavy atom. The summed E-state index contributed by atoms with van der Waals surface area (Å²) < 4.78 is 129. The normalized spacial score (nSPS) is 19.1. The summed E-state index contributed by atoms with van der Waals surface area (Å²) in [4.78, 5) is 0. The van der Waals surface area contributed by atoms with E-state index < -0.39 is 90.6 Å². The van der Waals surface area contributed by atoms with E-state index in [0.717, 1.165) is 4.57 Å². The molecule has 1 heteroatoms. The minimum Gasteiger partial charge on any atom is -0.309 e. The molecular formula is C26H21N. The minimum absolute atomic E-state index is 0.0111. The number of para-hydroxylation sites is 2. The van der Waals surface area contributed by atoms with Gasteiger partial charge in [-0.05, 0) is 48.7 Å². The first-order valence-corrected chi connectivity index (χ1v) is 8.17. The molecule has 0 aliphatic heterocycles. The highest BCUT2D eigenvalue weighted by atomic mass is 15.0. The Hall–Kier alpha value is -3.32. The maximum atomic E-state index is 9.08. The summed E-state index contributed by atoms with van der Waals surface area (Å²) in [7, 11) is 0. The molecule has 0 saturated heterocycles. The standard InChI is InChI=1S/C26H21N/c1-18-15-16-23(20-10-4-3-9-19(20)2)26(17-18)27-24-13-7-5-11-21(24)22-12-6-8-14-25(22)27/h3-17H,1-2H3/i3D,4D,5D,6D,7D,8D,9D,10D,11D,12D,13D,14D,15D,16D,17D. The summed E-state index contributed by atoms with van der Waals surface area (Å²) in [6.07, 6.45) is 0. The number of fused-ring (bicyclic) bond motifs is 3. The molecule has 130 valence electrons. The van der Waals surface area contributed by atoms with E-state index in [1.54, 1.807) is 0 Å². The van der Waals surface area contributed by atoms with E-state index in [-0.39, 0.29) is 49.7 Å². The monoisotopic (exact) mass is 362 g/mol. The molecule has 0 N–H and O–H groups in total. The van der Waals surface area contributed by atoms with E-state index in [1.807, 2.05) is 0 Å². The lowest BCUT2D eigenvalue weighted by molar-refractivity contribution is 1.17. The summed E-state index contributed by atoms with van der Waals surface area (Å²) in [6, 6.07) is -8.70. The molecule has 0 bridgehead atoms. The molecule has 4 aromatic carbocycles. The van der Waals surface area contributed by atoms with Crippen molar-refractivity contribution in [2.75, 3.05) is 0 Å². The van der Waals surface area contributed by atoms with Gasteiger partial charge in [-0.1, -0.05) is 72.5 Å². The molecule has 0 radical (unpaired) electrons. The maximum Gasteiger partial charge on any atom is 0.0648 e. The molecule has 0 spiro atoms. The number of nitrogens with zero attached hydrogens (tertiary/aromatic N) is 1. The van der Waals surface area contributed by atoms with E-state index in [0.29, 0.717) is 0 Å². The van der Waals surface area contributed by atoms with Crippen molar-refractivity contribution in [2.45, 2.75) is 13.8 Å². The number of rotatable bonds is 2. The van der Waals surface area contributed by atoms with Crippen molar-refractivity contribution in [1.29, 1.82) is 0 Å². The molecule has 0 aliphatic carbocycles. The summed E-state index contributed by atoms with van der Waals surface area (Å²) in [5.41, 5.74) is -1.53. The lowest BCUT2D eigenvalue weighted by atomic mass is 9.97. The van der Waals surface area contributed by atoms with Crippen molar-refractivity contribution in [1.82, 2.24) is 4.57 Å². The van der Waals surface area contributed by atoms with Crippen LogP contribution in [-0.4, -0.2) is 4.57 Å². The van der Waals surface area contributed by atoms with E-state index in [1.165, 1.54) is 13.8 Å². The molecule has 1 heterocycles. The molecular weight excluding hydrogens is 326 g/mol. The largest absolute Gasteiger partial charge is 0.309 e. The molecule has 0 aliphatic rings. The molecule has 0 saturated carbocycles. The number of aromatic nitrogens is 1. The average Bonchev–Trinajstić information content (AvgIpc) is 3.32. The molecule has 5 rings (SSSR count). The third-order valence-corrected chi connectivity index (χ3v) is 4.30. The first-order chi connectivity index (χ1) is 19.5. The van der Waals surface area contributed by atoms with E-state index in [2.05, 4.69) is 0 Å². The topological polar surface area (TPSA) is 4.93 Å². The molecule has 0 atom stereocenters. The van der Waals surface area contributed by atoms with Gasteiger partial charge in [0.15, 0.2) is 0 Å². The number of hydrogen-bond acceptors (Lipinski definition) is 0. The zero-order valence-electron chi connectivity index (χ0n) is 29.4. The Labute approximate surface area is 180 Å². The highest BCUT2D eigenvalue weighted by molar-refractivity contribution is 6.09. The number of hydrogen-bond donors (Lipinski definition) is 0. The zero-order chi connectivity index (χ0) is 31.4. The van der Waals surface area contributed by atoms with Gasteiger partial charge >= 0.3 is 0 Å². The van der Waals surface area contributed by atoms with Gasteiger partial charge in [0.05, 0.1) is 37.3 Å². The van der Waals surface area contributed by atoms with Crippen molar-refractivity contribution in [3.63, 3.8) is 0 Å². The predicted octanol–water partition coefficient (Wildman–Crippen LogP) is 7.07. The number of benzene rings is 4. The zero-order valence-corrected chi connectivity index (χ0v) is 14.4. The van der Waals surface area contributed by atoms with Crippen LogP contribution < -0.4 is 0 Å². The van der Waals surface area contributed by atoms with Crippen LogP contribution in [0.3, 0.4) is 0 Å². The Bertz CT molecular complexity index is 1950. The Balaban J connectivity index is 2.24. The summed E-state index contributed by atoms with van der Waals surface area (Å²) in [5.74, 6) is 0. The molecule has 27 heavy (non-hydrogen) atoms. The van der Waals surface area contributed by atoms with Crippen molar-refractivity contribution >= 4 is 21.8 Å². The SMILES string of the molecule is [2H]c1c([2H])c([2H])c(-c2c([2H])c([2H])c(C)c([2H])c2-n2c3c([2H])c([2H])c([2H])c([2H])c3c3c([2H])c([2H])c([2H])c([2H])c32)c(C)c1[2H]. The fraction of sp³-hybridized carbons (Fsp3) is 0.0769.